The van der Waals surface area contributed by atoms with Gasteiger partial charge in [0.25, 0.3) is 0 Å². The molecule has 8 heteroatoms. The second-order valence-electron chi connectivity index (χ2n) is 6.46. The van der Waals surface area contributed by atoms with Gasteiger partial charge in [0.05, 0.1) is 11.2 Å². The molecule has 0 atom stereocenters. The number of hydrogen-bond acceptors (Lipinski definition) is 8. The van der Waals surface area contributed by atoms with Crippen molar-refractivity contribution < 1.29 is 0 Å². The molecule has 4 heterocycles. The molecule has 0 aliphatic carbocycles. The summed E-state index contributed by atoms with van der Waals surface area (Å²) in [5.74, 6) is 1.03. The van der Waals surface area contributed by atoms with Crippen molar-refractivity contribution in [3.05, 3.63) is 30.9 Å². The highest BCUT2D eigenvalue weighted by Crippen LogP contribution is 2.21. The monoisotopic (exact) mass is 350 g/mol. The summed E-state index contributed by atoms with van der Waals surface area (Å²) in [4.78, 5) is 26.5. The Balaban J connectivity index is 1.51. The van der Waals surface area contributed by atoms with Crippen molar-refractivity contribution in [3.63, 3.8) is 0 Å². The second-order valence-corrected chi connectivity index (χ2v) is 6.46. The van der Waals surface area contributed by atoms with Crippen LogP contribution in [0.4, 0.5) is 11.9 Å². The maximum atomic E-state index is 5.67. The van der Waals surface area contributed by atoms with Crippen LogP contribution < -0.4 is 10.6 Å². The van der Waals surface area contributed by atoms with Crippen LogP contribution in [0.25, 0.3) is 22.2 Å². The second kappa shape index (κ2) is 7.17. The molecule has 1 aliphatic heterocycles. The number of nitrogen functional groups attached to an aromatic ring is 1. The Labute approximate surface area is 152 Å². The van der Waals surface area contributed by atoms with E-state index >= 15 is 0 Å². The van der Waals surface area contributed by atoms with E-state index in [0.29, 0.717) is 0 Å². The van der Waals surface area contributed by atoms with Gasteiger partial charge in [0.1, 0.15) is 0 Å². The molecule has 4 rings (SSSR count). The summed E-state index contributed by atoms with van der Waals surface area (Å²) < 4.78 is 0. The van der Waals surface area contributed by atoms with Crippen molar-refractivity contribution >= 4 is 22.8 Å². The van der Waals surface area contributed by atoms with Crippen LogP contribution in [0.1, 0.15) is 13.3 Å². The number of aromatic nitrogens is 5. The molecule has 0 saturated carbocycles. The minimum absolute atomic E-state index is 0.253. The number of fused-ring (bicyclic) bond motifs is 1. The van der Waals surface area contributed by atoms with Crippen molar-refractivity contribution in [2.75, 3.05) is 43.4 Å². The molecular weight excluding hydrogens is 328 g/mol. The van der Waals surface area contributed by atoms with Crippen molar-refractivity contribution in [1.29, 1.82) is 0 Å². The van der Waals surface area contributed by atoms with E-state index in [-0.39, 0.29) is 5.95 Å². The van der Waals surface area contributed by atoms with Gasteiger partial charge >= 0.3 is 0 Å². The molecule has 0 unspecified atom stereocenters. The summed E-state index contributed by atoms with van der Waals surface area (Å²) in [5.41, 5.74) is 8.06. The number of nitrogens with two attached hydrogens (primary N) is 1. The van der Waals surface area contributed by atoms with Gasteiger partial charge in [0.15, 0.2) is 0 Å². The predicted octanol–water partition coefficient (Wildman–Crippen LogP) is 1.60. The lowest BCUT2D eigenvalue weighted by Crippen LogP contribution is -2.47. The van der Waals surface area contributed by atoms with Crippen LogP contribution >= 0.6 is 0 Å². The summed E-state index contributed by atoms with van der Waals surface area (Å²) >= 11 is 0. The van der Waals surface area contributed by atoms with E-state index in [1.54, 1.807) is 12.4 Å². The predicted molar refractivity (Wildman–Crippen MR) is 102 cm³/mol. The Hall–Kier alpha value is -2.87. The maximum absolute atomic E-state index is 5.67. The normalized spacial score (nSPS) is 15.5. The summed E-state index contributed by atoms with van der Waals surface area (Å²) in [7, 11) is 0. The minimum atomic E-state index is 0.253. The molecule has 0 spiro atoms. The van der Waals surface area contributed by atoms with Gasteiger partial charge in [-0.25, -0.2) is 19.9 Å². The number of piperazine rings is 1. The first-order valence-electron chi connectivity index (χ1n) is 8.91. The topological polar surface area (TPSA) is 97.0 Å². The molecule has 1 saturated heterocycles. The van der Waals surface area contributed by atoms with Gasteiger partial charge in [-0.05, 0) is 19.0 Å². The van der Waals surface area contributed by atoms with E-state index in [0.717, 1.165) is 60.8 Å². The molecule has 26 heavy (non-hydrogen) atoms. The molecule has 1 aliphatic rings. The van der Waals surface area contributed by atoms with Crippen molar-refractivity contribution in [1.82, 2.24) is 29.8 Å². The fourth-order valence-corrected chi connectivity index (χ4v) is 3.20. The average molecular weight is 350 g/mol. The van der Waals surface area contributed by atoms with Crippen molar-refractivity contribution in [2.45, 2.75) is 13.3 Å². The van der Waals surface area contributed by atoms with Gasteiger partial charge in [-0.1, -0.05) is 6.92 Å². The minimum Gasteiger partial charge on any atom is -0.368 e. The fourth-order valence-electron chi connectivity index (χ4n) is 3.20. The first-order chi connectivity index (χ1) is 12.7. The molecule has 8 nitrogen and oxygen atoms in total. The molecule has 134 valence electrons. The van der Waals surface area contributed by atoms with Crippen LogP contribution in [0.3, 0.4) is 0 Å². The number of pyridine rings is 1. The summed E-state index contributed by atoms with van der Waals surface area (Å²) in [6.07, 6.45) is 8.25. The quantitative estimate of drug-likeness (QED) is 0.758. The SMILES string of the molecule is CCCN1CCN(c2ncc(-c3cc4nc(N)ncc4cn3)cn2)CC1. The molecule has 3 aromatic heterocycles. The van der Waals surface area contributed by atoms with E-state index in [1.165, 1.54) is 6.42 Å². The Bertz CT molecular complexity index is 887. The standard InChI is InChI=1S/C18H22N8/c1-2-3-25-4-6-26(7-5-25)18-22-11-13(12-23-18)15-8-16-14(9-20-15)10-21-17(19)24-16/h8-12H,2-7H2,1H3,(H2,19,21,24). The van der Waals surface area contributed by atoms with Gasteiger partial charge in [0.2, 0.25) is 11.9 Å². The highest BCUT2D eigenvalue weighted by molar-refractivity contribution is 5.81. The highest BCUT2D eigenvalue weighted by Gasteiger charge is 2.18. The third-order valence-corrected chi connectivity index (χ3v) is 4.61. The van der Waals surface area contributed by atoms with E-state index < -0.39 is 0 Å². The van der Waals surface area contributed by atoms with Gasteiger partial charge < -0.3 is 10.6 Å². The Kier molecular flexibility index (Phi) is 4.57. The average Bonchev–Trinajstić information content (AvgIpc) is 2.68. The zero-order valence-corrected chi connectivity index (χ0v) is 14.8. The zero-order valence-electron chi connectivity index (χ0n) is 14.8. The molecule has 0 radical (unpaired) electrons. The number of rotatable bonds is 4. The Morgan fingerprint density at radius 2 is 1.69 bits per heavy atom. The van der Waals surface area contributed by atoms with Crippen LogP contribution in [-0.2, 0) is 0 Å². The van der Waals surface area contributed by atoms with Crippen molar-refractivity contribution in [2.24, 2.45) is 0 Å². The van der Waals surface area contributed by atoms with E-state index in [2.05, 4.69) is 41.6 Å². The van der Waals surface area contributed by atoms with E-state index in [9.17, 15) is 0 Å². The lowest BCUT2D eigenvalue weighted by molar-refractivity contribution is 0.257. The zero-order chi connectivity index (χ0) is 17.9. The smallest absolute Gasteiger partial charge is 0.225 e. The van der Waals surface area contributed by atoms with E-state index in [4.69, 9.17) is 5.73 Å². The number of hydrogen-bond donors (Lipinski definition) is 1. The lowest BCUT2D eigenvalue weighted by atomic mass is 10.2. The molecule has 0 amide bonds. The Morgan fingerprint density at radius 1 is 0.962 bits per heavy atom. The third-order valence-electron chi connectivity index (χ3n) is 4.61. The van der Waals surface area contributed by atoms with Crippen LogP contribution in [0, 0.1) is 0 Å². The summed E-state index contributed by atoms with van der Waals surface area (Å²) in [6, 6.07) is 1.88. The van der Waals surface area contributed by atoms with Gasteiger partial charge in [0, 0.05) is 61.9 Å². The number of anilines is 2. The molecule has 2 N–H and O–H groups in total. The molecule has 0 aromatic carbocycles. The summed E-state index contributed by atoms with van der Waals surface area (Å²) in [6.45, 7) is 7.43. The largest absolute Gasteiger partial charge is 0.368 e. The Morgan fingerprint density at radius 3 is 2.42 bits per heavy atom. The van der Waals surface area contributed by atoms with Crippen LogP contribution in [0.15, 0.2) is 30.9 Å². The third kappa shape index (κ3) is 3.41. The van der Waals surface area contributed by atoms with Crippen LogP contribution in [-0.4, -0.2) is 62.5 Å². The maximum Gasteiger partial charge on any atom is 0.225 e. The first-order valence-corrected chi connectivity index (χ1v) is 8.91. The van der Waals surface area contributed by atoms with E-state index in [1.807, 2.05) is 18.5 Å². The first kappa shape index (κ1) is 16.6. The van der Waals surface area contributed by atoms with Crippen LogP contribution in [0.5, 0.6) is 0 Å². The van der Waals surface area contributed by atoms with Crippen molar-refractivity contribution in [3.8, 4) is 11.3 Å². The highest BCUT2D eigenvalue weighted by atomic mass is 15.3. The van der Waals surface area contributed by atoms with Crippen LogP contribution in [0.2, 0.25) is 0 Å². The molecule has 0 bridgehead atoms. The van der Waals surface area contributed by atoms with Gasteiger partial charge in [-0.15, -0.1) is 0 Å². The molecule has 3 aromatic rings. The van der Waals surface area contributed by atoms with Gasteiger partial charge in [-0.3, -0.25) is 9.88 Å². The number of nitrogens with zero attached hydrogens (tertiary/aromatic N) is 7. The lowest BCUT2D eigenvalue weighted by Gasteiger charge is -2.34. The fraction of sp³-hybridized carbons (Fsp3) is 0.389. The van der Waals surface area contributed by atoms with Gasteiger partial charge in [-0.2, -0.15) is 0 Å². The molecular formula is C18H22N8. The molecule has 1 fully saturated rings. The summed E-state index contributed by atoms with van der Waals surface area (Å²) in [5, 5.41) is 0.852.